The van der Waals surface area contributed by atoms with E-state index in [0.717, 1.165) is 0 Å². The molecule has 0 spiro atoms. The minimum absolute atomic E-state index is 1.24. The van der Waals surface area contributed by atoms with Crippen LogP contribution in [0.1, 0.15) is 75.3 Å². The summed E-state index contributed by atoms with van der Waals surface area (Å²) in [5.41, 5.74) is 6.65. The number of hydrogen-bond donors (Lipinski definition) is 0. The highest BCUT2D eigenvalue weighted by Gasteiger charge is 2.20. The standard InChI is InChI=1S/C19H26/c1-2-4-6-8-13-18-16(11-7-5-3-1)15-17-12-9-10-14-19(17)18/h9-10,12,14H,1-8,11,13,15H2. The molecule has 102 valence electrons. The molecule has 0 fully saturated rings. The van der Waals surface area contributed by atoms with Gasteiger partial charge in [-0.25, -0.2) is 0 Å². The third-order valence-corrected chi connectivity index (χ3v) is 4.83. The van der Waals surface area contributed by atoms with Gasteiger partial charge in [0.15, 0.2) is 0 Å². The molecule has 0 unspecified atom stereocenters. The summed E-state index contributed by atoms with van der Waals surface area (Å²) in [4.78, 5) is 0. The van der Waals surface area contributed by atoms with Crippen LogP contribution in [0.3, 0.4) is 0 Å². The minimum Gasteiger partial charge on any atom is -0.0620 e. The normalized spacial score (nSPS) is 21.3. The van der Waals surface area contributed by atoms with Gasteiger partial charge in [0.25, 0.3) is 0 Å². The fourth-order valence-electron chi connectivity index (χ4n) is 3.75. The molecule has 19 heavy (non-hydrogen) atoms. The van der Waals surface area contributed by atoms with Gasteiger partial charge in [-0.1, -0.05) is 68.4 Å². The van der Waals surface area contributed by atoms with Gasteiger partial charge in [0.1, 0.15) is 0 Å². The first-order valence-corrected chi connectivity index (χ1v) is 8.24. The highest BCUT2D eigenvalue weighted by molar-refractivity contribution is 5.76. The monoisotopic (exact) mass is 254 g/mol. The lowest BCUT2D eigenvalue weighted by atomic mass is 9.95. The van der Waals surface area contributed by atoms with Gasteiger partial charge in [-0.3, -0.25) is 0 Å². The molecule has 2 aliphatic carbocycles. The molecule has 0 bridgehead atoms. The third-order valence-electron chi connectivity index (χ3n) is 4.83. The summed E-state index contributed by atoms with van der Waals surface area (Å²) < 4.78 is 0. The lowest BCUT2D eigenvalue weighted by Gasteiger charge is -2.11. The van der Waals surface area contributed by atoms with Crippen molar-refractivity contribution < 1.29 is 0 Å². The van der Waals surface area contributed by atoms with Gasteiger partial charge in [0.2, 0.25) is 0 Å². The van der Waals surface area contributed by atoms with E-state index in [1.807, 2.05) is 0 Å². The Labute approximate surface area is 117 Å². The van der Waals surface area contributed by atoms with Crippen molar-refractivity contribution in [3.05, 3.63) is 41.0 Å². The van der Waals surface area contributed by atoms with Crippen LogP contribution in [0, 0.1) is 0 Å². The van der Waals surface area contributed by atoms with Gasteiger partial charge in [-0.2, -0.15) is 0 Å². The Kier molecular flexibility index (Phi) is 4.37. The fraction of sp³-hybridized carbons (Fsp3) is 0.579. The van der Waals surface area contributed by atoms with Crippen molar-refractivity contribution in [1.82, 2.24) is 0 Å². The zero-order chi connectivity index (χ0) is 12.9. The lowest BCUT2D eigenvalue weighted by molar-refractivity contribution is 0.564. The van der Waals surface area contributed by atoms with Crippen LogP contribution >= 0.6 is 0 Å². The highest BCUT2D eigenvalue weighted by atomic mass is 14.2. The van der Waals surface area contributed by atoms with Crippen molar-refractivity contribution in [2.45, 2.75) is 70.6 Å². The van der Waals surface area contributed by atoms with Crippen molar-refractivity contribution in [2.24, 2.45) is 0 Å². The molecule has 3 rings (SSSR count). The maximum absolute atomic E-state index is 2.35. The van der Waals surface area contributed by atoms with E-state index in [1.165, 1.54) is 70.6 Å². The Morgan fingerprint density at radius 1 is 0.632 bits per heavy atom. The largest absolute Gasteiger partial charge is 0.0620 e. The van der Waals surface area contributed by atoms with Gasteiger partial charge in [0.05, 0.1) is 0 Å². The van der Waals surface area contributed by atoms with Crippen molar-refractivity contribution in [3.8, 4) is 0 Å². The second-order valence-electron chi connectivity index (χ2n) is 6.24. The summed E-state index contributed by atoms with van der Waals surface area (Å²) in [5.74, 6) is 0. The molecule has 2 aliphatic rings. The Balaban J connectivity index is 1.78. The van der Waals surface area contributed by atoms with Crippen molar-refractivity contribution in [1.29, 1.82) is 0 Å². The molecule has 0 saturated heterocycles. The number of benzene rings is 1. The molecule has 1 aromatic rings. The third kappa shape index (κ3) is 3.11. The number of allylic oxidation sites excluding steroid dienone is 2. The molecular formula is C19H26. The molecule has 0 heteroatoms. The first kappa shape index (κ1) is 13.0. The maximum atomic E-state index is 2.35. The summed E-state index contributed by atoms with van der Waals surface area (Å²) in [6.45, 7) is 0. The van der Waals surface area contributed by atoms with Crippen LogP contribution in [0.2, 0.25) is 0 Å². The molecular weight excluding hydrogens is 228 g/mol. The van der Waals surface area contributed by atoms with E-state index in [0.29, 0.717) is 0 Å². The first-order chi connectivity index (χ1) is 9.45. The Morgan fingerprint density at radius 2 is 1.26 bits per heavy atom. The summed E-state index contributed by atoms with van der Waals surface area (Å²) in [7, 11) is 0. The molecule has 0 radical (unpaired) electrons. The number of hydrogen-bond acceptors (Lipinski definition) is 0. The van der Waals surface area contributed by atoms with Crippen LogP contribution in [-0.2, 0) is 6.42 Å². The topological polar surface area (TPSA) is 0 Å². The average Bonchev–Trinajstić information content (AvgIpc) is 2.77. The van der Waals surface area contributed by atoms with Crippen LogP contribution in [0.25, 0.3) is 5.57 Å². The predicted octanol–water partition coefficient (Wildman–Crippen LogP) is 5.91. The molecule has 0 atom stereocenters. The van der Waals surface area contributed by atoms with E-state index >= 15 is 0 Å². The van der Waals surface area contributed by atoms with Gasteiger partial charge < -0.3 is 0 Å². The van der Waals surface area contributed by atoms with E-state index in [9.17, 15) is 0 Å². The predicted molar refractivity (Wildman–Crippen MR) is 83.2 cm³/mol. The van der Waals surface area contributed by atoms with Crippen molar-refractivity contribution >= 4 is 5.57 Å². The molecule has 0 saturated carbocycles. The Bertz CT molecular complexity index is 453. The van der Waals surface area contributed by atoms with Gasteiger partial charge in [-0.05, 0) is 48.8 Å². The Morgan fingerprint density at radius 3 is 2.05 bits per heavy atom. The maximum Gasteiger partial charge on any atom is -0.00550 e. The van der Waals surface area contributed by atoms with Crippen LogP contribution in [0.4, 0.5) is 0 Å². The van der Waals surface area contributed by atoms with Crippen LogP contribution in [0.5, 0.6) is 0 Å². The van der Waals surface area contributed by atoms with Crippen molar-refractivity contribution in [2.75, 3.05) is 0 Å². The Hall–Kier alpha value is -1.04. The quantitative estimate of drug-likeness (QED) is 0.540. The summed E-state index contributed by atoms with van der Waals surface area (Å²) >= 11 is 0. The molecule has 0 nitrogen and oxygen atoms in total. The number of rotatable bonds is 0. The van der Waals surface area contributed by atoms with E-state index in [-0.39, 0.29) is 0 Å². The summed E-state index contributed by atoms with van der Waals surface area (Å²) in [6.07, 6.45) is 15.4. The van der Waals surface area contributed by atoms with E-state index in [4.69, 9.17) is 0 Å². The van der Waals surface area contributed by atoms with Gasteiger partial charge in [-0.15, -0.1) is 0 Å². The summed E-state index contributed by atoms with van der Waals surface area (Å²) in [6, 6.07) is 9.10. The van der Waals surface area contributed by atoms with Crippen LogP contribution in [-0.4, -0.2) is 0 Å². The zero-order valence-electron chi connectivity index (χ0n) is 12.1. The SMILES string of the molecule is c1ccc2c(c1)CC1=C2CCCCCCCCCC1. The van der Waals surface area contributed by atoms with Gasteiger partial charge in [0, 0.05) is 0 Å². The zero-order valence-corrected chi connectivity index (χ0v) is 12.1. The van der Waals surface area contributed by atoms with E-state index in [2.05, 4.69) is 24.3 Å². The van der Waals surface area contributed by atoms with E-state index in [1.54, 1.807) is 22.3 Å². The second-order valence-corrected chi connectivity index (χ2v) is 6.24. The fourth-order valence-corrected chi connectivity index (χ4v) is 3.75. The first-order valence-electron chi connectivity index (χ1n) is 8.24. The average molecular weight is 254 g/mol. The lowest BCUT2D eigenvalue weighted by Crippen LogP contribution is -1.91. The van der Waals surface area contributed by atoms with E-state index < -0.39 is 0 Å². The molecule has 0 N–H and O–H groups in total. The highest BCUT2D eigenvalue weighted by Crippen LogP contribution is 2.38. The van der Waals surface area contributed by atoms with Crippen LogP contribution < -0.4 is 0 Å². The van der Waals surface area contributed by atoms with Crippen molar-refractivity contribution in [3.63, 3.8) is 0 Å². The molecule has 0 aromatic heterocycles. The van der Waals surface area contributed by atoms with Gasteiger partial charge >= 0.3 is 0 Å². The minimum atomic E-state index is 1.24. The van der Waals surface area contributed by atoms with Crippen LogP contribution in [0.15, 0.2) is 29.8 Å². The molecule has 0 amide bonds. The molecule has 0 aliphatic heterocycles. The molecule has 1 aromatic carbocycles. The summed E-state index contributed by atoms with van der Waals surface area (Å²) in [5, 5.41) is 0. The number of fused-ring (bicyclic) bond motifs is 2. The second kappa shape index (κ2) is 6.41. The molecule has 0 heterocycles. The smallest absolute Gasteiger partial charge is 0.00550 e.